The molecule has 0 radical (unpaired) electrons. The molecule has 0 aliphatic heterocycles. The molecule has 6 heteroatoms. The van der Waals surface area contributed by atoms with Gasteiger partial charge in [-0.3, -0.25) is 4.79 Å². The molecular formula is C11H16BrN3O2. The largest absolute Gasteiger partial charge is 0.380 e. The lowest BCUT2D eigenvalue weighted by Crippen LogP contribution is -2.28. The molecule has 94 valence electrons. The summed E-state index contributed by atoms with van der Waals surface area (Å²) in [4.78, 5) is 16.0. The third-order valence-corrected chi connectivity index (χ3v) is 2.51. The maximum absolute atomic E-state index is 11.9. The van der Waals surface area contributed by atoms with E-state index in [1.807, 2.05) is 6.92 Å². The fourth-order valence-corrected chi connectivity index (χ4v) is 1.62. The van der Waals surface area contributed by atoms with E-state index in [1.54, 1.807) is 19.3 Å². The molecule has 0 aliphatic rings. The van der Waals surface area contributed by atoms with Gasteiger partial charge in [-0.2, -0.15) is 0 Å². The third kappa shape index (κ3) is 4.32. The van der Waals surface area contributed by atoms with Crippen LogP contribution >= 0.6 is 15.9 Å². The lowest BCUT2D eigenvalue weighted by Gasteiger charge is -2.09. The minimum absolute atomic E-state index is 0.164. The minimum Gasteiger partial charge on any atom is -0.380 e. The van der Waals surface area contributed by atoms with E-state index < -0.39 is 0 Å². The van der Waals surface area contributed by atoms with Gasteiger partial charge in [0.2, 0.25) is 0 Å². The van der Waals surface area contributed by atoms with Crippen LogP contribution < -0.4 is 10.6 Å². The zero-order valence-electron chi connectivity index (χ0n) is 9.92. The number of ether oxygens (including phenoxy) is 1. The van der Waals surface area contributed by atoms with Gasteiger partial charge in [0.1, 0.15) is 5.82 Å². The monoisotopic (exact) mass is 301 g/mol. The Morgan fingerprint density at radius 3 is 3.00 bits per heavy atom. The minimum atomic E-state index is -0.164. The molecule has 0 aromatic carbocycles. The number of halogens is 1. The molecule has 17 heavy (non-hydrogen) atoms. The van der Waals surface area contributed by atoms with Crippen molar-refractivity contribution in [3.8, 4) is 0 Å². The average Bonchev–Trinajstić information content (AvgIpc) is 2.34. The quantitative estimate of drug-likeness (QED) is 0.784. The van der Waals surface area contributed by atoms with Crippen LogP contribution in [0.3, 0.4) is 0 Å². The second-order valence-corrected chi connectivity index (χ2v) is 4.17. The Bertz CT molecular complexity index is 385. The molecule has 0 fully saturated rings. The number of nitrogens with zero attached hydrogens (tertiary/aromatic N) is 1. The molecule has 0 bridgehead atoms. The van der Waals surface area contributed by atoms with Crippen molar-refractivity contribution in [2.45, 2.75) is 6.92 Å². The Morgan fingerprint density at radius 2 is 2.35 bits per heavy atom. The van der Waals surface area contributed by atoms with Crippen molar-refractivity contribution in [3.05, 3.63) is 22.3 Å². The molecule has 1 aromatic rings. The molecule has 0 aliphatic carbocycles. The highest BCUT2D eigenvalue weighted by molar-refractivity contribution is 9.10. The summed E-state index contributed by atoms with van der Waals surface area (Å²) in [5.74, 6) is 0.393. The molecule has 1 amide bonds. The lowest BCUT2D eigenvalue weighted by molar-refractivity contribution is 0.0923. The highest BCUT2D eigenvalue weighted by atomic mass is 79.9. The molecule has 1 rings (SSSR count). The highest BCUT2D eigenvalue weighted by Gasteiger charge is 2.11. The highest BCUT2D eigenvalue weighted by Crippen LogP contribution is 2.17. The zero-order valence-corrected chi connectivity index (χ0v) is 11.5. The number of anilines is 1. The second kappa shape index (κ2) is 7.24. The fourth-order valence-electron chi connectivity index (χ4n) is 1.29. The number of pyridine rings is 1. The van der Waals surface area contributed by atoms with Crippen LogP contribution in [0, 0.1) is 0 Å². The molecule has 1 aromatic heterocycles. The van der Waals surface area contributed by atoms with Crippen LogP contribution in [0.2, 0.25) is 0 Å². The Balaban J connectivity index is 2.64. The smallest absolute Gasteiger partial charge is 0.255 e. The standard InChI is InChI=1S/C11H16BrN3O2/c1-3-17-5-4-14-11(16)9-6-8(12)7-15-10(9)13-2/h6-7H,3-5H2,1-2H3,(H,13,15)(H,14,16). The van der Waals surface area contributed by atoms with Gasteiger partial charge in [0, 0.05) is 30.9 Å². The summed E-state index contributed by atoms with van der Waals surface area (Å²) < 4.78 is 5.91. The first-order valence-corrected chi connectivity index (χ1v) is 6.17. The van der Waals surface area contributed by atoms with Crippen molar-refractivity contribution in [2.24, 2.45) is 0 Å². The first-order chi connectivity index (χ1) is 8.19. The maximum Gasteiger partial charge on any atom is 0.255 e. The van der Waals surface area contributed by atoms with Crippen molar-refractivity contribution in [1.29, 1.82) is 0 Å². The Hall–Kier alpha value is -1.14. The van der Waals surface area contributed by atoms with Crippen LogP contribution in [-0.2, 0) is 4.74 Å². The predicted molar refractivity (Wildman–Crippen MR) is 70.3 cm³/mol. The summed E-state index contributed by atoms with van der Waals surface area (Å²) in [5.41, 5.74) is 0.512. The SMILES string of the molecule is CCOCCNC(=O)c1cc(Br)cnc1NC. The predicted octanol–water partition coefficient (Wildman–Crippen LogP) is 1.65. The van der Waals surface area contributed by atoms with Crippen molar-refractivity contribution in [1.82, 2.24) is 10.3 Å². The number of amides is 1. The van der Waals surface area contributed by atoms with Gasteiger partial charge in [-0.05, 0) is 28.9 Å². The maximum atomic E-state index is 11.9. The molecule has 1 heterocycles. The van der Waals surface area contributed by atoms with Gasteiger partial charge in [-0.25, -0.2) is 4.98 Å². The average molecular weight is 302 g/mol. The van der Waals surface area contributed by atoms with Crippen molar-refractivity contribution in [3.63, 3.8) is 0 Å². The van der Waals surface area contributed by atoms with Crippen LogP contribution in [0.15, 0.2) is 16.7 Å². The van der Waals surface area contributed by atoms with E-state index >= 15 is 0 Å². The van der Waals surface area contributed by atoms with Gasteiger partial charge in [0.25, 0.3) is 5.91 Å². The zero-order chi connectivity index (χ0) is 12.7. The second-order valence-electron chi connectivity index (χ2n) is 3.25. The number of rotatable bonds is 6. The molecule has 2 N–H and O–H groups in total. The molecule has 0 saturated carbocycles. The number of aromatic nitrogens is 1. The first kappa shape index (κ1) is 13.9. The van der Waals surface area contributed by atoms with Gasteiger partial charge < -0.3 is 15.4 Å². The molecule has 0 unspecified atom stereocenters. The molecule has 0 spiro atoms. The summed E-state index contributed by atoms with van der Waals surface area (Å²) in [6.07, 6.45) is 1.64. The summed E-state index contributed by atoms with van der Waals surface area (Å²) in [5, 5.41) is 5.65. The van der Waals surface area contributed by atoms with E-state index in [1.165, 1.54) is 0 Å². The van der Waals surface area contributed by atoms with Crippen LogP contribution in [0.25, 0.3) is 0 Å². The van der Waals surface area contributed by atoms with Crippen LogP contribution in [-0.4, -0.2) is 37.7 Å². The molecule has 5 nitrogen and oxygen atoms in total. The van der Waals surface area contributed by atoms with E-state index in [0.29, 0.717) is 31.1 Å². The van der Waals surface area contributed by atoms with Crippen molar-refractivity contribution >= 4 is 27.7 Å². The Morgan fingerprint density at radius 1 is 1.59 bits per heavy atom. The summed E-state index contributed by atoms with van der Waals surface area (Å²) in [7, 11) is 1.73. The van der Waals surface area contributed by atoms with E-state index in [4.69, 9.17) is 4.74 Å². The number of nitrogens with one attached hydrogen (secondary N) is 2. The number of carbonyl (C=O) groups excluding carboxylic acids is 1. The van der Waals surface area contributed by atoms with Gasteiger partial charge in [0.05, 0.1) is 12.2 Å². The number of hydrogen-bond donors (Lipinski definition) is 2. The van der Waals surface area contributed by atoms with Crippen LogP contribution in [0.4, 0.5) is 5.82 Å². The van der Waals surface area contributed by atoms with E-state index in [9.17, 15) is 4.79 Å². The number of carbonyl (C=O) groups is 1. The van der Waals surface area contributed by atoms with Gasteiger partial charge in [0.15, 0.2) is 0 Å². The van der Waals surface area contributed by atoms with E-state index in [-0.39, 0.29) is 5.91 Å². The van der Waals surface area contributed by atoms with Gasteiger partial charge >= 0.3 is 0 Å². The van der Waals surface area contributed by atoms with Gasteiger partial charge in [-0.1, -0.05) is 0 Å². The lowest BCUT2D eigenvalue weighted by atomic mass is 10.2. The molecular weight excluding hydrogens is 286 g/mol. The summed E-state index contributed by atoms with van der Waals surface area (Å²) >= 11 is 3.29. The van der Waals surface area contributed by atoms with Gasteiger partial charge in [-0.15, -0.1) is 0 Å². The van der Waals surface area contributed by atoms with Crippen molar-refractivity contribution in [2.75, 3.05) is 32.1 Å². The van der Waals surface area contributed by atoms with E-state index in [0.717, 1.165) is 4.47 Å². The topological polar surface area (TPSA) is 63.2 Å². The Kier molecular flexibility index (Phi) is 5.93. The van der Waals surface area contributed by atoms with Crippen molar-refractivity contribution < 1.29 is 9.53 Å². The molecule has 0 saturated heterocycles. The Labute approximate surface area is 109 Å². The van der Waals surface area contributed by atoms with Crippen LogP contribution in [0.5, 0.6) is 0 Å². The van der Waals surface area contributed by atoms with E-state index in [2.05, 4.69) is 31.5 Å². The van der Waals surface area contributed by atoms with Crippen LogP contribution in [0.1, 0.15) is 17.3 Å². The normalized spacial score (nSPS) is 10.1. The first-order valence-electron chi connectivity index (χ1n) is 5.38. The third-order valence-electron chi connectivity index (χ3n) is 2.07. The summed E-state index contributed by atoms with van der Waals surface area (Å²) in [6, 6.07) is 1.73. The molecule has 0 atom stereocenters. The summed E-state index contributed by atoms with van der Waals surface area (Å²) in [6.45, 7) is 3.57. The fraction of sp³-hybridized carbons (Fsp3) is 0.455. The number of hydrogen-bond acceptors (Lipinski definition) is 4.